The van der Waals surface area contributed by atoms with Crippen molar-refractivity contribution in [1.82, 2.24) is 0 Å². The van der Waals surface area contributed by atoms with Crippen molar-refractivity contribution < 1.29 is 19.1 Å². The highest BCUT2D eigenvalue weighted by Crippen LogP contribution is 2.41. The van der Waals surface area contributed by atoms with Crippen molar-refractivity contribution in [3.63, 3.8) is 0 Å². The molecular weight excluding hydrogens is 526 g/mol. The van der Waals surface area contributed by atoms with Crippen molar-refractivity contribution in [2.45, 2.75) is 33.6 Å². The van der Waals surface area contributed by atoms with E-state index in [1.54, 1.807) is 12.1 Å². The molecule has 5 nitrogen and oxygen atoms in total. The van der Waals surface area contributed by atoms with Crippen molar-refractivity contribution in [3.05, 3.63) is 67.5 Å². The molecule has 3 aromatic rings. The zero-order chi connectivity index (χ0) is 24.3. The SMILES string of the molecule is COC(=O)c1c(NC(=O)COc2cc(C)c(Br)cc2C(C)C)sc(C)c1-c1cccc(Cl)c1. The van der Waals surface area contributed by atoms with Crippen molar-refractivity contribution >= 4 is 55.7 Å². The van der Waals surface area contributed by atoms with E-state index in [2.05, 4.69) is 35.1 Å². The fraction of sp³-hybridized carbons (Fsp3) is 0.280. The maximum absolute atomic E-state index is 12.8. The first-order valence-electron chi connectivity index (χ1n) is 10.3. The number of thiophene rings is 1. The molecular formula is C25H25BrClNO4S. The predicted octanol–water partition coefficient (Wildman–Crippen LogP) is 7.38. The van der Waals surface area contributed by atoms with Crippen LogP contribution in [0, 0.1) is 13.8 Å². The van der Waals surface area contributed by atoms with Gasteiger partial charge in [0.15, 0.2) is 6.61 Å². The number of esters is 1. The Hall–Kier alpha value is -2.35. The van der Waals surface area contributed by atoms with Gasteiger partial charge in [0.2, 0.25) is 0 Å². The molecule has 1 heterocycles. The Balaban J connectivity index is 1.87. The molecule has 0 fully saturated rings. The quantitative estimate of drug-likeness (QED) is 0.312. The molecule has 1 amide bonds. The number of amides is 1. The minimum absolute atomic E-state index is 0.190. The minimum atomic E-state index is -0.531. The van der Waals surface area contributed by atoms with Gasteiger partial charge in [0.25, 0.3) is 5.91 Å². The molecule has 0 bridgehead atoms. The molecule has 174 valence electrons. The number of benzene rings is 2. The Bertz CT molecular complexity index is 1210. The zero-order valence-corrected chi connectivity index (χ0v) is 22.2. The van der Waals surface area contributed by atoms with Crippen molar-refractivity contribution in [1.29, 1.82) is 0 Å². The molecule has 0 unspecified atom stereocenters. The van der Waals surface area contributed by atoms with E-state index in [0.29, 0.717) is 26.9 Å². The number of halogens is 2. The van der Waals surface area contributed by atoms with Gasteiger partial charge in [-0.05, 0) is 60.7 Å². The van der Waals surface area contributed by atoms with Crippen LogP contribution in [0.25, 0.3) is 11.1 Å². The maximum atomic E-state index is 12.8. The summed E-state index contributed by atoms with van der Waals surface area (Å²) in [7, 11) is 1.31. The van der Waals surface area contributed by atoms with Gasteiger partial charge in [-0.3, -0.25) is 4.79 Å². The summed E-state index contributed by atoms with van der Waals surface area (Å²) < 4.78 is 11.9. The lowest BCUT2D eigenvalue weighted by molar-refractivity contribution is -0.118. The number of nitrogens with one attached hydrogen (secondary N) is 1. The lowest BCUT2D eigenvalue weighted by Crippen LogP contribution is -2.21. The van der Waals surface area contributed by atoms with E-state index in [0.717, 1.165) is 26.0 Å². The lowest BCUT2D eigenvalue weighted by atomic mass is 10.0. The summed E-state index contributed by atoms with van der Waals surface area (Å²) in [5.41, 5.74) is 3.79. The molecule has 0 atom stereocenters. The number of carbonyl (C=O) groups is 2. The summed E-state index contributed by atoms with van der Waals surface area (Å²) in [5, 5.41) is 3.80. The second-order valence-corrected chi connectivity index (χ2v) is 10.4. The maximum Gasteiger partial charge on any atom is 0.341 e. The van der Waals surface area contributed by atoms with E-state index in [1.165, 1.54) is 18.4 Å². The summed E-state index contributed by atoms with van der Waals surface area (Å²) in [4.78, 5) is 26.3. The first-order chi connectivity index (χ1) is 15.6. The standard InChI is InChI=1S/C25H25BrClNO4S/c1-13(2)18-11-19(26)14(3)9-20(18)32-12-21(29)28-24-23(25(30)31-5)22(15(4)33-24)16-7-6-8-17(27)10-16/h6-11,13H,12H2,1-5H3,(H,28,29). The summed E-state index contributed by atoms with van der Waals surface area (Å²) in [6.07, 6.45) is 0. The van der Waals surface area contributed by atoms with Gasteiger partial charge in [-0.15, -0.1) is 11.3 Å². The molecule has 3 rings (SSSR count). The highest BCUT2D eigenvalue weighted by Gasteiger charge is 2.25. The van der Waals surface area contributed by atoms with Gasteiger partial charge >= 0.3 is 5.97 Å². The van der Waals surface area contributed by atoms with Gasteiger partial charge in [-0.25, -0.2) is 4.79 Å². The monoisotopic (exact) mass is 549 g/mol. The molecule has 0 spiro atoms. The Morgan fingerprint density at radius 3 is 2.55 bits per heavy atom. The zero-order valence-electron chi connectivity index (χ0n) is 19.0. The fourth-order valence-electron chi connectivity index (χ4n) is 3.47. The molecule has 0 saturated carbocycles. The normalized spacial score (nSPS) is 10.9. The van der Waals surface area contributed by atoms with Crippen LogP contribution in [-0.2, 0) is 9.53 Å². The Kier molecular flexibility index (Phi) is 8.21. The topological polar surface area (TPSA) is 64.6 Å². The predicted molar refractivity (Wildman–Crippen MR) is 138 cm³/mol. The van der Waals surface area contributed by atoms with Gasteiger partial charge in [0.05, 0.1) is 7.11 Å². The van der Waals surface area contributed by atoms with Crippen LogP contribution in [-0.4, -0.2) is 25.6 Å². The van der Waals surface area contributed by atoms with Gasteiger partial charge in [-0.1, -0.05) is 53.5 Å². The van der Waals surface area contributed by atoms with Crippen LogP contribution in [0.4, 0.5) is 5.00 Å². The van der Waals surface area contributed by atoms with Crippen molar-refractivity contribution in [3.8, 4) is 16.9 Å². The molecule has 0 aliphatic rings. The molecule has 2 aromatic carbocycles. The lowest BCUT2D eigenvalue weighted by Gasteiger charge is -2.16. The average Bonchev–Trinajstić information content (AvgIpc) is 3.08. The van der Waals surface area contributed by atoms with Crippen LogP contribution in [0.3, 0.4) is 0 Å². The van der Waals surface area contributed by atoms with Crippen molar-refractivity contribution in [2.75, 3.05) is 19.0 Å². The van der Waals surface area contributed by atoms with E-state index in [1.807, 2.05) is 38.1 Å². The highest BCUT2D eigenvalue weighted by molar-refractivity contribution is 9.10. The van der Waals surface area contributed by atoms with Crippen LogP contribution in [0.15, 0.2) is 40.9 Å². The summed E-state index contributed by atoms with van der Waals surface area (Å²) in [6.45, 7) is 7.80. The Morgan fingerprint density at radius 2 is 1.91 bits per heavy atom. The van der Waals surface area contributed by atoms with Gasteiger partial charge in [0, 0.05) is 19.9 Å². The Labute approximate surface area is 211 Å². The van der Waals surface area contributed by atoms with Crippen LogP contribution in [0.1, 0.15) is 46.1 Å². The first-order valence-corrected chi connectivity index (χ1v) is 12.3. The van der Waals surface area contributed by atoms with Crippen LogP contribution in [0.5, 0.6) is 5.75 Å². The van der Waals surface area contributed by atoms with Gasteiger partial charge in [-0.2, -0.15) is 0 Å². The molecule has 0 aliphatic carbocycles. The number of hydrogen-bond acceptors (Lipinski definition) is 5. The number of ether oxygens (including phenoxy) is 2. The minimum Gasteiger partial charge on any atom is -0.483 e. The van der Waals surface area contributed by atoms with E-state index in [9.17, 15) is 9.59 Å². The average molecular weight is 551 g/mol. The fourth-order valence-corrected chi connectivity index (χ4v) is 5.11. The smallest absolute Gasteiger partial charge is 0.341 e. The number of hydrogen-bond donors (Lipinski definition) is 1. The molecule has 33 heavy (non-hydrogen) atoms. The third-order valence-corrected chi connectivity index (χ3v) is 7.22. The molecule has 0 aliphatic heterocycles. The van der Waals surface area contributed by atoms with Gasteiger partial charge in [0.1, 0.15) is 16.3 Å². The molecule has 1 aromatic heterocycles. The van der Waals surface area contributed by atoms with Crippen LogP contribution >= 0.6 is 38.9 Å². The second kappa shape index (κ2) is 10.7. The number of rotatable bonds is 7. The Morgan fingerprint density at radius 1 is 1.18 bits per heavy atom. The summed E-state index contributed by atoms with van der Waals surface area (Å²) >= 11 is 11.0. The molecule has 8 heteroatoms. The van der Waals surface area contributed by atoms with E-state index in [-0.39, 0.29) is 18.4 Å². The first kappa shape index (κ1) is 25.3. The second-order valence-electron chi connectivity index (χ2n) is 7.87. The van der Waals surface area contributed by atoms with E-state index in [4.69, 9.17) is 21.1 Å². The largest absolute Gasteiger partial charge is 0.483 e. The van der Waals surface area contributed by atoms with E-state index >= 15 is 0 Å². The highest BCUT2D eigenvalue weighted by atomic mass is 79.9. The summed E-state index contributed by atoms with van der Waals surface area (Å²) in [5.74, 6) is -0.00685. The van der Waals surface area contributed by atoms with Crippen LogP contribution in [0.2, 0.25) is 5.02 Å². The van der Waals surface area contributed by atoms with Crippen LogP contribution < -0.4 is 10.1 Å². The van der Waals surface area contributed by atoms with Crippen molar-refractivity contribution in [2.24, 2.45) is 0 Å². The third kappa shape index (κ3) is 5.78. The third-order valence-electron chi connectivity index (χ3n) is 5.11. The summed E-state index contributed by atoms with van der Waals surface area (Å²) in [6, 6.07) is 11.2. The molecule has 0 radical (unpaired) electrons. The van der Waals surface area contributed by atoms with Gasteiger partial charge < -0.3 is 14.8 Å². The van der Waals surface area contributed by atoms with E-state index < -0.39 is 5.97 Å². The number of anilines is 1. The number of carbonyl (C=O) groups excluding carboxylic acids is 2. The number of aryl methyl sites for hydroxylation is 2. The molecule has 1 N–H and O–H groups in total. The number of methoxy groups -OCH3 is 1. The molecule has 0 saturated heterocycles.